The zero-order valence-corrected chi connectivity index (χ0v) is 17.5. The van der Waals surface area contributed by atoms with E-state index in [2.05, 4.69) is 4.90 Å². The maximum atomic E-state index is 12.1. The number of ether oxygens (including phenoxy) is 1. The summed E-state index contributed by atoms with van der Waals surface area (Å²) in [6.07, 6.45) is 3.13. The molecule has 2 aliphatic rings. The molecule has 0 aliphatic carbocycles. The summed E-state index contributed by atoms with van der Waals surface area (Å²) in [5.41, 5.74) is 0.795. The first kappa shape index (κ1) is 20.1. The largest absolute Gasteiger partial charge is 0.444 e. The molecule has 0 saturated carbocycles. The van der Waals surface area contributed by atoms with Crippen molar-refractivity contribution >= 4 is 15.9 Å². The highest BCUT2D eigenvalue weighted by Gasteiger charge is 2.47. The molecule has 7 heteroatoms. The lowest BCUT2D eigenvalue weighted by molar-refractivity contribution is -0.0601. The van der Waals surface area contributed by atoms with Crippen LogP contribution in [-0.2, 0) is 21.1 Å². The van der Waals surface area contributed by atoms with Crippen molar-refractivity contribution in [3.05, 3.63) is 29.8 Å². The van der Waals surface area contributed by atoms with Crippen LogP contribution in [0.4, 0.5) is 4.79 Å². The van der Waals surface area contributed by atoms with Gasteiger partial charge in [-0.3, -0.25) is 4.90 Å². The number of carbonyl (C=O) groups excluding carboxylic acids is 1. The lowest BCUT2D eigenvalue weighted by Gasteiger charge is -2.53. The third kappa shape index (κ3) is 5.02. The van der Waals surface area contributed by atoms with E-state index in [4.69, 9.17) is 4.74 Å². The van der Waals surface area contributed by atoms with E-state index in [9.17, 15) is 13.2 Å². The molecule has 0 atom stereocenters. The first-order chi connectivity index (χ1) is 12.5. The minimum Gasteiger partial charge on any atom is -0.444 e. The smallest absolute Gasteiger partial charge is 0.410 e. The molecule has 2 heterocycles. The number of hydrogen-bond acceptors (Lipinski definition) is 5. The van der Waals surface area contributed by atoms with Crippen molar-refractivity contribution in [2.75, 3.05) is 32.4 Å². The molecule has 0 radical (unpaired) electrons. The number of nitrogens with zero attached hydrogens (tertiary/aromatic N) is 2. The van der Waals surface area contributed by atoms with Gasteiger partial charge in [-0.1, -0.05) is 12.1 Å². The number of piperidine rings is 1. The van der Waals surface area contributed by atoms with Gasteiger partial charge >= 0.3 is 6.09 Å². The van der Waals surface area contributed by atoms with Crippen LogP contribution in [0.5, 0.6) is 0 Å². The van der Waals surface area contributed by atoms with Gasteiger partial charge in [0.05, 0.1) is 4.90 Å². The molecule has 1 amide bonds. The van der Waals surface area contributed by atoms with Gasteiger partial charge in [-0.05, 0) is 64.4 Å². The third-order valence-electron chi connectivity index (χ3n) is 5.35. The lowest BCUT2D eigenvalue weighted by Crippen LogP contribution is -2.62. The molecule has 0 unspecified atom stereocenters. The highest BCUT2D eigenvalue weighted by Crippen LogP contribution is 2.41. The summed E-state index contributed by atoms with van der Waals surface area (Å²) in [5.74, 6) is 0. The van der Waals surface area contributed by atoms with Crippen LogP contribution in [0.1, 0.15) is 39.2 Å². The Morgan fingerprint density at radius 2 is 1.81 bits per heavy atom. The van der Waals surface area contributed by atoms with E-state index in [0.29, 0.717) is 4.90 Å². The average molecular weight is 395 g/mol. The molecule has 1 spiro atoms. The number of likely N-dealkylation sites (tertiary alicyclic amines) is 2. The van der Waals surface area contributed by atoms with Crippen LogP contribution in [0.15, 0.2) is 29.2 Å². The molecule has 2 aliphatic heterocycles. The Kier molecular flexibility index (Phi) is 5.29. The molecule has 2 fully saturated rings. The normalized spacial score (nSPS) is 20.4. The van der Waals surface area contributed by atoms with Crippen molar-refractivity contribution in [1.29, 1.82) is 0 Å². The van der Waals surface area contributed by atoms with Gasteiger partial charge in [0.15, 0.2) is 9.84 Å². The van der Waals surface area contributed by atoms with Crippen LogP contribution in [0, 0.1) is 5.41 Å². The van der Waals surface area contributed by atoms with Crippen LogP contribution in [0.25, 0.3) is 0 Å². The third-order valence-corrected chi connectivity index (χ3v) is 6.46. The molecule has 6 nitrogen and oxygen atoms in total. The topological polar surface area (TPSA) is 66.9 Å². The summed E-state index contributed by atoms with van der Waals surface area (Å²) in [7, 11) is -3.17. The Bertz CT molecular complexity index is 798. The zero-order chi connectivity index (χ0) is 19.9. The van der Waals surface area contributed by atoms with Crippen molar-refractivity contribution in [3.63, 3.8) is 0 Å². The second kappa shape index (κ2) is 7.09. The maximum absolute atomic E-state index is 12.1. The minimum absolute atomic E-state index is 0.215. The Morgan fingerprint density at radius 3 is 2.37 bits per heavy atom. The van der Waals surface area contributed by atoms with Crippen LogP contribution in [0.3, 0.4) is 0 Å². The Labute approximate surface area is 162 Å². The average Bonchev–Trinajstić information content (AvgIpc) is 2.51. The Balaban J connectivity index is 1.50. The van der Waals surface area contributed by atoms with Crippen molar-refractivity contribution in [3.8, 4) is 0 Å². The van der Waals surface area contributed by atoms with E-state index in [-0.39, 0.29) is 11.5 Å². The SMILES string of the molecule is CC(C)(C)OC(=O)N1CC2(CCN(Cc3cccc(S(C)(=O)=O)c3)CC2)C1. The monoisotopic (exact) mass is 394 g/mol. The first-order valence-corrected chi connectivity index (χ1v) is 11.3. The number of rotatable bonds is 3. The second-order valence-electron chi connectivity index (χ2n) is 9.03. The number of amides is 1. The molecule has 1 aromatic carbocycles. The Morgan fingerprint density at radius 1 is 1.19 bits per heavy atom. The summed E-state index contributed by atoms with van der Waals surface area (Å²) >= 11 is 0. The number of benzene rings is 1. The van der Waals surface area contributed by atoms with Gasteiger partial charge in [0.2, 0.25) is 0 Å². The van der Waals surface area contributed by atoms with Crippen molar-refractivity contribution in [2.24, 2.45) is 5.41 Å². The highest BCUT2D eigenvalue weighted by atomic mass is 32.2. The van der Waals surface area contributed by atoms with Gasteiger partial charge < -0.3 is 9.64 Å². The predicted octanol–water partition coefficient (Wildman–Crippen LogP) is 2.92. The van der Waals surface area contributed by atoms with Crippen LogP contribution in [0.2, 0.25) is 0 Å². The molecule has 0 N–H and O–H groups in total. The maximum Gasteiger partial charge on any atom is 0.410 e. The molecular weight excluding hydrogens is 364 g/mol. The molecule has 0 aromatic heterocycles. The summed E-state index contributed by atoms with van der Waals surface area (Å²) in [6, 6.07) is 7.20. The van der Waals surface area contributed by atoms with E-state index < -0.39 is 15.4 Å². The van der Waals surface area contributed by atoms with Crippen LogP contribution in [-0.4, -0.2) is 62.3 Å². The standard InChI is InChI=1S/C20H30N2O4S/c1-19(2,3)26-18(23)22-14-20(15-22)8-10-21(11-9-20)13-16-6-5-7-17(12-16)27(4,24)25/h5-7,12H,8-11,13-15H2,1-4H3. The summed E-state index contributed by atoms with van der Waals surface area (Å²) in [4.78, 5) is 16.7. The predicted molar refractivity (Wildman–Crippen MR) is 104 cm³/mol. The lowest BCUT2D eigenvalue weighted by atomic mass is 9.72. The van der Waals surface area contributed by atoms with Crippen molar-refractivity contribution in [2.45, 2.75) is 50.7 Å². The second-order valence-corrected chi connectivity index (χ2v) is 11.0. The van der Waals surface area contributed by atoms with Gasteiger partial charge in [-0.25, -0.2) is 13.2 Å². The highest BCUT2D eigenvalue weighted by molar-refractivity contribution is 7.90. The van der Waals surface area contributed by atoms with Gasteiger partial charge in [-0.15, -0.1) is 0 Å². The fourth-order valence-electron chi connectivity index (χ4n) is 3.85. The number of carbonyl (C=O) groups is 1. The summed E-state index contributed by atoms with van der Waals surface area (Å²) in [5, 5.41) is 0. The van der Waals surface area contributed by atoms with E-state index in [0.717, 1.165) is 51.1 Å². The zero-order valence-electron chi connectivity index (χ0n) is 16.7. The van der Waals surface area contributed by atoms with E-state index >= 15 is 0 Å². The fourth-order valence-corrected chi connectivity index (χ4v) is 4.54. The molecule has 3 rings (SSSR count). The van der Waals surface area contributed by atoms with E-state index in [1.807, 2.05) is 32.9 Å². The molecular formula is C20H30N2O4S. The number of sulfone groups is 1. The first-order valence-electron chi connectivity index (χ1n) is 9.45. The van der Waals surface area contributed by atoms with Crippen LogP contribution < -0.4 is 0 Å². The van der Waals surface area contributed by atoms with Gasteiger partial charge in [-0.2, -0.15) is 0 Å². The van der Waals surface area contributed by atoms with Gasteiger partial charge in [0, 0.05) is 31.3 Å². The van der Waals surface area contributed by atoms with Gasteiger partial charge in [0.25, 0.3) is 0 Å². The number of hydrogen-bond donors (Lipinski definition) is 0. The van der Waals surface area contributed by atoms with Gasteiger partial charge in [0.1, 0.15) is 5.60 Å². The molecule has 150 valence electrons. The summed E-state index contributed by atoms with van der Waals surface area (Å²) in [6.45, 7) is 9.90. The quantitative estimate of drug-likeness (QED) is 0.789. The van der Waals surface area contributed by atoms with Crippen molar-refractivity contribution in [1.82, 2.24) is 9.80 Å². The molecule has 0 bridgehead atoms. The Hall–Kier alpha value is -1.60. The molecule has 1 aromatic rings. The van der Waals surface area contributed by atoms with Crippen LogP contribution >= 0.6 is 0 Å². The fraction of sp³-hybridized carbons (Fsp3) is 0.650. The minimum atomic E-state index is -3.17. The molecule has 27 heavy (non-hydrogen) atoms. The van der Waals surface area contributed by atoms with E-state index in [1.165, 1.54) is 6.26 Å². The summed E-state index contributed by atoms with van der Waals surface area (Å²) < 4.78 is 28.9. The van der Waals surface area contributed by atoms with E-state index in [1.54, 1.807) is 17.0 Å². The molecule has 2 saturated heterocycles. The van der Waals surface area contributed by atoms with Crippen molar-refractivity contribution < 1.29 is 17.9 Å².